The molecular formula is C24H36N4O3. The summed E-state index contributed by atoms with van der Waals surface area (Å²) in [6, 6.07) is 6.41. The SMILES string of the molecule is CCN1CCCC[C@H]1C(=O)N1CCOc2ccc(CN3CCN(C(C)=O)CC3)cc2C1. The van der Waals surface area contributed by atoms with Crippen molar-refractivity contribution in [1.29, 1.82) is 0 Å². The molecule has 170 valence electrons. The van der Waals surface area contributed by atoms with Crippen molar-refractivity contribution >= 4 is 11.8 Å². The third kappa shape index (κ3) is 5.21. The first kappa shape index (κ1) is 22.1. The maximum atomic E-state index is 13.4. The largest absolute Gasteiger partial charge is 0.491 e. The van der Waals surface area contributed by atoms with Crippen LogP contribution in [0.2, 0.25) is 0 Å². The van der Waals surface area contributed by atoms with Crippen molar-refractivity contribution in [3.8, 4) is 5.75 Å². The Labute approximate surface area is 185 Å². The molecule has 4 rings (SSSR count). The number of carbonyl (C=O) groups excluding carboxylic acids is 2. The molecule has 0 spiro atoms. The minimum atomic E-state index is 0.0149. The fourth-order valence-electron chi connectivity index (χ4n) is 5.07. The highest BCUT2D eigenvalue weighted by Gasteiger charge is 2.32. The normalized spacial score (nSPS) is 23.1. The summed E-state index contributed by atoms with van der Waals surface area (Å²) < 4.78 is 5.99. The van der Waals surface area contributed by atoms with Crippen molar-refractivity contribution in [3.05, 3.63) is 29.3 Å². The molecule has 3 aliphatic heterocycles. The van der Waals surface area contributed by atoms with Crippen molar-refractivity contribution in [1.82, 2.24) is 19.6 Å². The smallest absolute Gasteiger partial charge is 0.240 e. The van der Waals surface area contributed by atoms with Crippen LogP contribution in [0.5, 0.6) is 5.75 Å². The lowest BCUT2D eigenvalue weighted by Gasteiger charge is -2.36. The van der Waals surface area contributed by atoms with Crippen LogP contribution in [-0.4, -0.2) is 89.9 Å². The summed E-state index contributed by atoms with van der Waals surface area (Å²) in [6.07, 6.45) is 3.28. The summed E-state index contributed by atoms with van der Waals surface area (Å²) in [7, 11) is 0. The molecular weight excluding hydrogens is 392 g/mol. The topological polar surface area (TPSA) is 56.3 Å². The standard InChI is InChI=1S/C24H36N4O3/c1-3-26-9-5-4-6-22(26)24(30)28-14-15-31-23-8-7-20(16-21(23)18-28)17-25-10-12-27(13-11-25)19(2)29/h7-8,16,22H,3-6,9-15,17-18H2,1-2H3/t22-/m0/s1. The van der Waals surface area contributed by atoms with Gasteiger partial charge in [-0.15, -0.1) is 0 Å². The van der Waals surface area contributed by atoms with E-state index >= 15 is 0 Å². The third-order valence-electron chi connectivity index (χ3n) is 6.95. The van der Waals surface area contributed by atoms with Crippen LogP contribution in [0.4, 0.5) is 0 Å². The summed E-state index contributed by atoms with van der Waals surface area (Å²) >= 11 is 0. The van der Waals surface area contributed by atoms with Gasteiger partial charge < -0.3 is 14.5 Å². The van der Waals surface area contributed by atoms with Gasteiger partial charge in [0.1, 0.15) is 12.4 Å². The molecule has 3 heterocycles. The van der Waals surface area contributed by atoms with E-state index in [-0.39, 0.29) is 17.9 Å². The van der Waals surface area contributed by atoms with Crippen LogP contribution in [0.3, 0.4) is 0 Å². The second-order valence-corrected chi connectivity index (χ2v) is 8.97. The molecule has 2 fully saturated rings. The van der Waals surface area contributed by atoms with Crippen LogP contribution in [-0.2, 0) is 22.7 Å². The van der Waals surface area contributed by atoms with Crippen molar-refractivity contribution in [2.24, 2.45) is 0 Å². The Bertz CT molecular complexity index is 791. The van der Waals surface area contributed by atoms with Crippen molar-refractivity contribution < 1.29 is 14.3 Å². The highest BCUT2D eigenvalue weighted by atomic mass is 16.5. The van der Waals surface area contributed by atoms with Gasteiger partial charge >= 0.3 is 0 Å². The number of piperidine rings is 1. The third-order valence-corrected chi connectivity index (χ3v) is 6.95. The Kier molecular flexibility index (Phi) is 7.13. The molecule has 0 aromatic heterocycles. The number of likely N-dealkylation sites (tertiary alicyclic amines) is 1. The number of fused-ring (bicyclic) bond motifs is 1. The lowest BCUT2D eigenvalue weighted by Crippen LogP contribution is -2.51. The number of ether oxygens (including phenoxy) is 1. The average molecular weight is 429 g/mol. The Balaban J connectivity index is 1.42. The van der Waals surface area contributed by atoms with Crippen LogP contribution >= 0.6 is 0 Å². The van der Waals surface area contributed by atoms with Crippen LogP contribution in [0.1, 0.15) is 44.2 Å². The van der Waals surface area contributed by atoms with Gasteiger partial charge in [-0.25, -0.2) is 0 Å². The van der Waals surface area contributed by atoms with Gasteiger partial charge in [-0.1, -0.05) is 19.4 Å². The zero-order chi connectivity index (χ0) is 21.8. The fourth-order valence-corrected chi connectivity index (χ4v) is 5.07. The summed E-state index contributed by atoms with van der Waals surface area (Å²) in [4.78, 5) is 33.5. The first-order chi connectivity index (χ1) is 15.0. The van der Waals surface area contributed by atoms with Crippen molar-refractivity contribution in [2.45, 2.75) is 52.2 Å². The molecule has 31 heavy (non-hydrogen) atoms. The molecule has 1 atom stereocenters. The van der Waals surface area contributed by atoms with Crippen molar-refractivity contribution in [3.63, 3.8) is 0 Å². The number of piperazine rings is 1. The van der Waals surface area contributed by atoms with Gasteiger partial charge in [0, 0.05) is 51.8 Å². The maximum absolute atomic E-state index is 13.4. The lowest BCUT2D eigenvalue weighted by atomic mass is 10.0. The molecule has 2 amide bonds. The number of likely N-dealkylation sites (N-methyl/N-ethyl adjacent to an activating group) is 1. The zero-order valence-corrected chi connectivity index (χ0v) is 19.0. The van der Waals surface area contributed by atoms with Crippen molar-refractivity contribution in [2.75, 3.05) is 52.4 Å². The van der Waals surface area contributed by atoms with Gasteiger partial charge in [-0.3, -0.25) is 19.4 Å². The minimum absolute atomic E-state index is 0.0149. The van der Waals surface area contributed by atoms with E-state index in [1.165, 1.54) is 12.0 Å². The molecule has 3 aliphatic rings. The molecule has 0 unspecified atom stereocenters. The summed E-state index contributed by atoms with van der Waals surface area (Å²) in [5.41, 5.74) is 2.34. The highest BCUT2D eigenvalue weighted by molar-refractivity contribution is 5.82. The number of benzene rings is 1. The van der Waals surface area contributed by atoms with E-state index in [2.05, 4.69) is 34.9 Å². The summed E-state index contributed by atoms with van der Waals surface area (Å²) in [5, 5.41) is 0. The Hall–Kier alpha value is -2.12. The van der Waals surface area contributed by atoms with Crippen LogP contribution in [0.25, 0.3) is 0 Å². The lowest BCUT2D eigenvalue weighted by molar-refractivity contribution is -0.139. The second-order valence-electron chi connectivity index (χ2n) is 8.97. The quantitative estimate of drug-likeness (QED) is 0.734. The number of rotatable bonds is 4. The van der Waals surface area contributed by atoms with Crippen LogP contribution in [0, 0.1) is 0 Å². The number of hydrogen-bond acceptors (Lipinski definition) is 5. The molecule has 1 aromatic carbocycles. The van der Waals surface area contributed by atoms with E-state index in [0.717, 1.165) is 70.0 Å². The molecule has 7 nitrogen and oxygen atoms in total. The van der Waals surface area contributed by atoms with Gasteiger partial charge in [0.05, 0.1) is 12.6 Å². The fraction of sp³-hybridized carbons (Fsp3) is 0.667. The predicted octanol–water partition coefficient (Wildman–Crippen LogP) is 1.95. The molecule has 0 radical (unpaired) electrons. The number of hydrogen-bond donors (Lipinski definition) is 0. The first-order valence-electron chi connectivity index (χ1n) is 11.8. The van der Waals surface area contributed by atoms with E-state index in [9.17, 15) is 9.59 Å². The molecule has 1 aromatic rings. The molecule has 7 heteroatoms. The van der Waals surface area contributed by atoms with E-state index in [1.54, 1.807) is 6.92 Å². The highest BCUT2D eigenvalue weighted by Crippen LogP contribution is 2.27. The van der Waals surface area contributed by atoms with E-state index < -0.39 is 0 Å². The molecule has 0 aliphatic carbocycles. The predicted molar refractivity (Wildman–Crippen MR) is 120 cm³/mol. The maximum Gasteiger partial charge on any atom is 0.240 e. The molecule has 0 saturated carbocycles. The Morgan fingerprint density at radius 3 is 2.58 bits per heavy atom. The Morgan fingerprint density at radius 2 is 1.84 bits per heavy atom. The molecule has 0 N–H and O–H groups in total. The van der Waals surface area contributed by atoms with E-state index in [0.29, 0.717) is 19.7 Å². The summed E-state index contributed by atoms with van der Waals surface area (Å²) in [6.45, 7) is 11.8. The number of carbonyl (C=O) groups is 2. The van der Waals surface area contributed by atoms with Crippen LogP contribution in [0.15, 0.2) is 18.2 Å². The van der Waals surface area contributed by atoms with Crippen LogP contribution < -0.4 is 4.74 Å². The van der Waals surface area contributed by atoms with Gasteiger partial charge in [-0.05, 0) is 43.6 Å². The number of nitrogens with zero attached hydrogens (tertiary/aromatic N) is 4. The Morgan fingerprint density at radius 1 is 1.03 bits per heavy atom. The van der Waals surface area contributed by atoms with E-state index in [1.807, 2.05) is 9.80 Å². The van der Waals surface area contributed by atoms with Gasteiger partial charge in [0.25, 0.3) is 0 Å². The summed E-state index contributed by atoms with van der Waals surface area (Å²) in [5.74, 6) is 1.31. The van der Waals surface area contributed by atoms with Gasteiger partial charge in [0.2, 0.25) is 11.8 Å². The first-order valence-corrected chi connectivity index (χ1v) is 11.8. The van der Waals surface area contributed by atoms with E-state index in [4.69, 9.17) is 4.74 Å². The molecule has 0 bridgehead atoms. The second kappa shape index (κ2) is 10.0. The average Bonchev–Trinajstić information content (AvgIpc) is 3.01. The van der Waals surface area contributed by atoms with Gasteiger partial charge in [-0.2, -0.15) is 0 Å². The zero-order valence-electron chi connectivity index (χ0n) is 19.0. The van der Waals surface area contributed by atoms with Gasteiger partial charge in [0.15, 0.2) is 0 Å². The number of amides is 2. The monoisotopic (exact) mass is 428 g/mol. The molecule has 2 saturated heterocycles. The minimum Gasteiger partial charge on any atom is -0.491 e.